The Hall–Kier alpha value is -1.42. The van der Waals surface area contributed by atoms with Gasteiger partial charge in [0.1, 0.15) is 5.75 Å². The minimum atomic E-state index is 0.605. The van der Waals surface area contributed by atoms with Crippen LogP contribution in [0.2, 0.25) is 0 Å². The lowest BCUT2D eigenvalue weighted by Crippen LogP contribution is -2.24. The highest BCUT2D eigenvalue weighted by Crippen LogP contribution is 2.41. The largest absolute Gasteiger partial charge is 0.494 e. The molecule has 1 aromatic carbocycles. The first-order valence-electron chi connectivity index (χ1n) is 11.5. The quantitative estimate of drug-likeness (QED) is 0.381. The van der Waals surface area contributed by atoms with Crippen molar-refractivity contribution < 1.29 is 4.74 Å². The van der Waals surface area contributed by atoms with Crippen LogP contribution in [-0.4, -0.2) is 6.61 Å². The maximum Gasteiger partial charge on any atom is 0.119 e. The molecule has 1 heteroatoms. The van der Waals surface area contributed by atoms with E-state index in [1.165, 1.54) is 64.2 Å². The first-order chi connectivity index (χ1) is 13.2. The van der Waals surface area contributed by atoms with E-state index in [1.54, 1.807) is 0 Å². The van der Waals surface area contributed by atoms with Gasteiger partial charge in [-0.15, -0.1) is 0 Å². The number of unbranched alkanes of at least 4 members (excludes halogenated alkanes) is 2. The smallest absolute Gasteiger partial charge is 0.119 e. The van der Waals surface area contributed by atoms with Crippen molar-refractivity contribution in [2.45, 2.75) is 84.5 Å². The summed E-state index contributed by atoms with van der Waals surface area (Å²) < 4.78 is 5.79. The third kappa shape index (κ3) is 6.60. The SMILES string of the molecule is CCCCCOc1ccc(C#C[C@H]2CC[C@H]([C@H]3CC[C@H](C)CC3)CC2)cc1. The van der Waals surface area contributed by atoms with Crippen molar-refractivity contribution in [2.75, 3.05) is 6.61 Å². The lowest BCUT2D eigenvalue weighted by molar-refractivity contribution is 0.162. The molecule has 1 nitrogen and oxygen atoms in total. The molecule has 0 aliphatic heterocycles. The van der Waals surface area contributed by atoms with E-state index in [-0.39, 0.29) is 0 Å². The van der Waals surface area contributed by atoms with Gasteiger partial charge in [-0.1, -0.05) is 51.4 Å². The normalized spacial score (nSPS) is 28.2. The van der Waals surface area contributed by atoms with Gasteiger partial charge in [0.2, 0.25) is 0 Å². The van der Waals surface area contributed by atoms with Crippen molar-refractivity contribution in [3.8, 4) is 17.6 Å². The summed E-state index contributed by atoms with van der Waals surface area (Å²) in [5.74, 6) is 11.5. The molecular weight excluding hydrogens is 328 g/mol. The van der Waals surface area contributed by atoms with E-state index in [9.17, 15) is 0 Å². The summed E-state index contributed by atoms with van der Waals surface area (Å²) in [5, 5.41) is 0. The van der Waals surface area contributed by atoms with Crippen molar-refractivity contribution in [1.82, 2.24) is 0 Å². The Morgan fingerprint density at radius 3 is 2.11 bits per heavy atom. The lowest BCUT2D eigenvalue weighted by atomic mass is 9.69. The third-order valence-electron chi connectivity index (χ3n) is 6.79. The molecule has 1 aromatic rings. The van der Waals surface area contributed by atoms with Gasteiger partial charge in [-0.25, -0.2) is 0 Å². The zero-order chi connectivity index (χ0) is 18.9. The maximum atomic E-state index is 5.79. The van der Waals surface area contributed by atoms with E-state index >= 15 is 0 Å². The maximum absolute atomic E-state index is 5.79. The molecule has 3 rings (SSSR count). The predicted octanol–water partition coefficient (Wildman–Crippen LogP) is 7.24. The molecule has 0 unspecified atom stereocenters. The van der Waals surface area contributed by atoms with E-state index in [2.05, 4.69) is 50.0 Å². The molecule has 148 valence electrons. The van der Waals surface area contributed by atoms with Crippen LogP contribution < -0.4 is 4.74 Å². The van der Waals surface area contributed by atoms with Gasteiger partial charge in [-0.3, -0.25) is 0 Å². The Labute approximate surface area is 167 Å². The summed E-state index contributed by atoms with van der Waals surface area (Å²) in [6, 6.07) is 8.35. The van der Waals surface area contributed by atoms with Crippen molar-refractivity contribution in [3.63, 3.8) is 0 Å². The Bertz CT molecular complexity index is 589. The Morgan fingerprint density at radius 2 is 1.48 bits per heavy atom. The molecule has 0 atom stereocenters. The summed E-state index contributed by atoms with van der Waals surface area (Å²) in [7, 11) is 0. The van der Waals surface area contributed by atoms with E-state index in [0.29, 0.717) is 5.92 Å². The fourth-order valence-corrected chi connectivity index (χ4v) is 4.85. The summed E-state index contributed by atoms with van der Waals surface area (Å²) in [4.78, 5) is 0. The van der Waals surface area contributed by atoms with Gasteiger partial charge in [0.15, 0.2) is 0 Å². The van der Waals surface area contributed by atoms with Crippen LogP contribution in [0.1, 0.15) is 90.0 Å². The average molecular weight is 367 g/mol. The van der Waals surface area contributed by atoms with Crippen LogP contribution in [0.15, 0.2) is 24.3 Å². The fourth-order valence-electron chi connectivity index (χ4n) is 4.85. The first-order valence-corrected chi connectivity index (χ1v) is 11.5. The average Bonchev–Trinajstić information content (AvgIpc) is 2.72. The number of hydrogen-bond donors (Lipinski definition) is 0. The third-order valence-corrected chi connectivity index (χ3v) is 6.79. The van der Waals surface area contributed by atoms with Gasteiger partial charge >= 0.3 is 0 Å². The van der Waals surface area contributed by atoms with E-state index in [1.807, 2.05) is 0 Å². The van der Waals surface area contributed by atoms with Gasteiger partial charge in [0.25, 0.3) is 0 Å². The highest BCUT2D eigenvalue weighted by Gasteiger charge is 2.29. The second kappa shape index (κ2) is 10.8. The zero-order valence-electron chi connectivity index (χ0n) is 17.5. The summed E-state index contributed by atoms with van der Waals surface area (Å²) in [6.45, 7) is 5.46. The molecule has 0 aromatic heterocycles. The lowest BCUT2D eigenvalue weighted by Gasteiger charge is -2.36. The molecule has 0 bridgehead atoms. The molecule has 0 N–H and O–H groups in total. The highest BCUT2D eigenvalue weighted by atomic mass is 16.5. The molecule has 0 saturated heterocycles. The number of ether oxygens (including phenoxy) is 1. The highest BCUT2D eigenvalue weighted by molar-refractivity contribution is 5.38. The molecule has 2 aliphatic rings. The molecule has 2 fully saturated rings. The molecular formula is C26H38O. The van der Waals surface area contributed by atoms with Crippen LogP contribution in [-0.2, 0) is 0 Å². The van der Waals surface area contributed by atoms with Crippen molar-refractivity contribution in [2.24, 2.45) is 23.7 Å². The standard InChI is InChI=1S/C26H38O/c1-3-4-5-20-27-26-18-12-23(13-19-26)9-8-22-10-16-25(17-11-22)24-14-6-21(2)7-15-24/h12-13,18-19,21-22,24-25H,3-7,10-11,14-17,20H2,1-2H3/t21-,22-,24-,25-. The first kappa shape index (κ1) is 20.3. The van der Waals surface area contributed by atoms with Crippen LogP contribution in [0.4, 0.5) is 0 Å². The minimum absolute atomic E-state index is 0.605. The molecule has 2 aliphatic carbocycles. The monoisotopic (exact) mass is 366 g/mol. The molecule has 0 amide bonds. The zero-order valence-corrected chi connectivity index (χ0v) is 17.5. The van der Waals surface area contributed by atoms with E-state index in [4.69, 9.17) is 4.74 Å². The molecule has 0 radical (unpaired) electrons. The van der Waals surface area contributed by atoms with Crippen LogP contribution in [0.3, 0.4) is 0 Å². The van der Waals surface area contributed by atoms with Crippen molar-refractivity contribution in [1.29, 1.82) is 0 Å². The van der Waals surface area contributed by atoms with Gasteiger partial charge in [0, 0.05) is 11.5 Å². The Balaban J connectivity index is 1.41. The van der Waals surface area contributed by atoms with Crippen molar-refractivity contribution in [3.05, 3.63) is 29.8 Å². The molecule has 0 heterocycles. The second-order valence-corrected chi connectivity index (χ2v) is 8.98. The summed E-state index contributed by atoms with van der Waals surface area (Å²) in [5.41, 5.74) is 1.12. The number of rotatable bonds is 6. The Kier molecular flexibility index (Phi) is 8.12. The molecule has 2 saturated carbocycles. The van der Waals surface area contributed by atoms with Crippen LogP contribution in [0, 0.1) is 35.5 Å². The van der Waals surface area contributed by atoms with Crippen molar-refractivity contribution >= 4 is 0 Å². The van der Waals surface area contributed by atoms with Gasteiger partial charge < -0.3 is 4.74 Å². The summed E-state index contributed by atoms with van der Waals surface area (Å²) >= 11 is 0. The number of hydrogen-bond acceptors (Lipinski definition) is 1. The fraction of sp³-hybridized carbons (Fsp3) is 0.692. The van der Waals surface area contributed by atoms with Crippen LogP contribution in [0.25, 0.3) is 0 Å². The van der Waals surface area contributed by atoms with E-state index in [0.717, 1.165) is 42.1 Å². The minimum Gasteiger partial charge on any atom is -0.494 e. The second-order valence-electron chi connectivity index (χ2n) is 8.98. The van der Waals surface area contributed by atoms with Crippen LogP contribution in [0.5, 0.6) is 5.75 Å². The van der Waals surface area contributed by atoms with Gasteiger partial charge in [0.05, 0.1) is 6.61 Å². The Morgan fingerprint density at radius 1 is 0.852 bits per heavy atom. The number of benzene rings is 1. The van der Waals surface area contributed by atoms with Gasteiger partial charge in [-0.05, 0) is 87.0 Å². The topological polar surface area (TPSA) is 9.23 Å². The molecule has 27 heavy (non-hydrogen) atoms. The summed E-state index contributed by atoms with van der Waals surface area (Å²) in [6.07, 6.45) is 14.9. The van der Waals surface area contributed by atoms with Crippen LogP contribution >= 0.6 is 0 Å². The van der Waals surface area contributed by atoms with Gasteiger partial charge in [-0.2, -0.15) is 0 Å². The van der Waals surface area contributed by atoms with E-state index < -0.39 is 0 Å². The predicted molar refractivity (Wildman–Crippen MR) is 115 cm³/mol. The molecule has 0 spiro atoms.